The van der Waals surface area contributed by atoms with E-state index in [1.165, 1.54) is 11.0 Å². The number of carboxylic acid groups (broad SMARTS) is 1. The zero-order valence-electron chi connectivity index (χ0n) is 28.1. The number of likely N-dealkylation sites (tertiary alicyclic amines) is 2. The normalized spacial score (nSPS) is 19.6. The average Bonchev–Trinajstić information content (AvgIpc) is 3.74. The fourth-order valence-electron chi connectivity index (χ4n) is 6.95. The average molecular weight is 719 g/mol. The molecule has 4 aromatic rings. The standard InChI is InChI=1S/C37H40ClFN6O6/c38-27-6-4-26(29(39)17-27)22-51-34-3-1-2-30(42-34)23-8-12-43(13-9-23)21-33-41-31-16-24(5-7-32(31)45(33)20-28-11-15-50-28)36(47)40-18-35(46)44-14-10-25(19-44)37(48)49/h1-7,16-17,23,25,28H,8-15,18-22H2,(H,40,47)(H,48,49)/t25-,28-/m0/s1. The molecule has 3 aliphatic rings. The van der Waals surface area contributed by atoms with Crippen molar-refractivity contribution in [3.05, 3.63) is 88.1 Å². The van der Waals surface area contributed by atoms with Crippen molar-refractivity contribution in [2.45, 2.75) is 57.4 Å². The number of nitrogens with one attached hydrogen (secondary N) is 1. The number of amides is 2. The fraction of sp³-hybridized carbons (Fsp3) is 0.432. The maximum absolute atomic E-state index is 14.2. The van der Waals surface area contributed by atoms with E-state index >= 15 is 0 Å². The molecule has 3 aliphatic heterocycles. The van der Waals surface area contributed by atoms with Crippen LogP contribution in [0.3, 0.4) is 0 Å². The molecular formula is C37H40ClFN6O6. The van der Waals surface area contributed by atoms with Gasteiger partial charge < -0.3 is 29.4 Å². The first-order valence-electron chi connectivity index (χ1n) is 17.4. The number of ether oxygens (including phenoxy) is 2. The first-order chi connectivity index (χ1) is 24.7. The lowest BCUT2D eigenvalue weighted by Gasteiger charge is -2.32. The number of halogens is 2. The molecule has 2 amide bonds. The molecule has 3 saturated heterocycles. The third kappa shape index (κ3) is 8.16. The zero-order chi connectivity index (χ0) is 35.5. The van der Waals surface area contributed by atoms with Crippen molar-refractivity contribution in [3.8, 4) is 5.88 Å². The number of carboxylic acids is 1. The third-order valence-corrected chi connectivity index (χ3v) is 10.3. The van der Waals surface area contributed by atoms with Gasteiger partial charge in [-0.2, -0.15) is 0 Å². The number of benzene rings is 2. The Hall–Kier alpha value is -4.59. The van der Waals surface area contributed by atoms with Crippen LogP contribution in [0.15, 0.2) is 54.6 Å². The Balaban J connectivity index is 0.973. The second-order valence-corrected chi connectivity index (χ2v) is 13.9. The number of imidazole rings is 1. The molecule has 2 atom stereocenters. The second-order valence-electron chi connectivity index (χ2n) is 13.4. The van der Waals surface area contributed by atoms with E-state index in [9.17, 15) is 23.9 Å². The number of carbonyl (C=O) groups is 3. The van der Waals surface area contributed by atoms with Gasteiger partial charge in [-0.3, -0.25) is 19.3 Å². The summed E-state index contributed by atoms with van der Waals surface area (Å²) in [6.07, 6.45) is 3.33. The van der Waals surface area contributed by atoms with Gasteiger partial charge in [0.1, 0.15) is 18.2 Å². The molecule has 51 heavy (non-hydrogen) atoms. The molecule has 0 saturated carbocycles. The van der Waals surface area contributed by atoms with Crippen molar-refractivity contribution in [2.75, 3.05) is 39.3 Å². The van der Waals surface area contributed by atoms with E-state index < -0.39 is 17.7 Å². The van der Waals surface area contributed by atoms with Crippen LogP contribution in [0.4, 0.5) is 4.39 Å². The number of nitrogens with zero attached hydrogens (tertiary/aromatic N) is 5. The van der Waals surface area contributed by atoms with E-state index in [0.717, 1.165) is 56.0 Å². The summed E-state index contributed by atoms with van der Waals surface area (Å²) in [6.45, 7) is 4.15. The maximum atomic E-state index is 14.2. The molecule has 14 heteroatoms. The van der Waals surface area contributed by atoms with E-state index in [2.05, 4.69) is 14.8 Å². The van der Waals surface area contributed by atoms with Gasteiger partial charge in [0, 0.05) is 53.5 Å². The molecule has 2 aromatic carbocycles. The number of rotatable bonds is 12. The van der Waals surface area contributed by atoms with Crippen molar-refractivity contribution >= 4 is 40.4 Å². The van der Waals surface area contributed by atoms with E-state index in [-0.39, 0.29) is 43.5 Å². The van der Waals surface area contributed by atoms with Crippen LogP contribution in [0.5, 0.6) is 5.88 Å². The predicted molar refractivity (Wildman–Crippen MR) is 186 cm³/mol. The van der Waals surface area contributed by atoms with Crippen LogP contribution in [0.25, 0.3) is 11.0 Å². The lowest BCUT2D eigenvalue weighted by molar-refractivity contribution is -0.141. The molecule has 0 aliphatic carbocycles. The lowest BCUT2D eigenvalue weighted by atomic mass is 9.93. The number of hydrogen-bond donors (Lipinski definition) is 2. The van der Waals surface area contributed by atoms with Crippen molar-refractivity contribution in [1.29, 1.82) is 0 Å². The Labute approximate surface area is 299 Å². The molecule has 2 aromatic heterocycles. The minimum atomic E-state index is -0.911. The SMILES string of the molecule is O=C(NCC(=O)N1CC[C@H](C(=O)O)C1)c1ccc2c(c1)nc(CN1CCC(c3cccc(OCc4ccc(Cl)cc4F)n3)CC1)n2C[C@@H]1CCO1. The predicted octanol–water partition coefficient (Wildman–Crippen LogP) is 4.63. The monoisotopic (exact) mass is 718 g/mol. The highest BCUT2D eigenvalue weighted by atomic mass is 35.5. The summed E-state index contributed by atoms with van der Waals surface area (Å²) in [5, 5.41) is 12.2. The van der Waals surface area contributed by atoms with Crippen molar-refractivity contribution in [3.63, 3.8) is 0 Å². The summed E-state index contributed by atoms with van der Waals surface area (Å²) >= 11 is 5.87. The number of aliphatic carboxylic acids is 1. The Kier molecular flexibility index (Phi) is 10.5. The van der Waals surface area contributed by atoms with E-state index in [4.69, 9.17) is 31.0 Å². The number of fused-ring (bicyclic) bond motifs is 1. The van der Waals surface area contributed by atoms with Crippen LogP contribution in [0, 0.1) is 11.7 Å². The molecule has 7 rings (SSSR count). The quantitative estimate of drug-likeness (QED) is 0.215. The molecule has 268 valence electrons. The number of aromatic nitrogens is 3. The van der Waals surface area contributed by atoms with Gasteiger partial charge in [0.2, 0.25) is 11.8 Å². The van der Waals surface area contributed by atoms with E-state index in [0.29, 0.717) is 53.6 Å². The van der Waals surface area contributed by atoms with Gasteiger partial charge in [-0.05, 0) is 75.2 Å². The third-order valence-electron chi connectivity index (χ3n) is 10.1. The molecule has 5 heterocycles. The maximum Gasteiger partial charge on any atom is 0.308 e. The largest absolute Gasteiger partial charge is 0.481 e. The highest BCUT2D eigenvalue weighted by Gasteiger charge is 2.31. The Morgan fingerprint density at radius 3 is 2.57 bits per heavy atom. The van der Waals surface area contributed by atoms with E-state index in [1.54, 1.807) is 30.3 Å². The van der Waals surface area contributed by atoms with Crippen LogP contribution in [-0.4, -0.2) is 92.7 Å². The number of carbonyl (C=O) groups excluding carboxylic acids is 2. The van der Waals surface area contributed by atoms with Crippen molar-refractivity contribution in [2.24, 2.45) is 5.92 Å². The second kappa shape index (κ2) is 15.3. The van der Waals surface area contributed by atoms with Gasteiger partial charge in [0.15, 0.2) is 0 Å². The minimum Gasteiger partial charge on any atom is -0.481 e. The first-order valence-corrected chi connectivity index (χ1v) is 17.7. The topological polar surface area (TPSA) is 139 Å². The summed E-state index contributed by atoms with van der Waals surface area (Å²) in [7, 11) is 0. The Morgan fingerprint density at radius 1 is 1.02 bits per heavy atom. The summed E-state index contributed by atoms with van der Waals surface area (Å²) in [6, 6.07) is 15.6. The molecule has 0 unspecified atom stereocenters. The molecule has 0 bridgehead atoms. The van der Waals surface area contributed by atoms with Gasteiger partial charge in [-0.25, -0.2) is 14.4 Å². The molecule has 0 radical (unpaired) electrons. The number of piperidine rings is 1. The Bertz CT molecular complexity index is 1930. The van der Waals surface area contributed by atoms with Crippen molar-refractivity contribution < 1.29 is 33.4 Å². The summed E-state index contributed by atoms with van der Waals surface area (Å²) in [5.41, 5.74) is 3.38. The van der Waals surface area contributed by atoms with Gasteiger partial charge in [0.05, 0.1) is 42.7 Å². The van der Waals surface area contributed by atoms with Crippen LogP contribution < -0.4 is 10.1 Å². The Morgan fingerprint density at radius 2 is 1.84 bits per heavy atom. The number of hydrogen-bond acceptors (Lipinski definition) is 8. The molecule has 3 fully saturated rings. The van der Waals surface area contributed by atoms with Gasteiger partial charge in [0.25, 0.3) is 5.91 Å². The van der Waals surface area contributed by atoms with Gasteiger partial charge >= 0.3 is 5.97 Å². The molecule has 2 N–H and O–H groups in total. The van der Waals surface area contributed by atoms with Gasteiger partial charge in [-0.1, -0.05) is 23.7 Å². The lowest BCUT2D eigenvalue weighted by Crippen LogP contribution is -2.39. The molecular weight excluding hydrogens is 679 g/mol. The van der Waals surface area contributed by atoms with Crippen molar-refractivity contribution in [1.82, 2.24) is 29.7 Å². The van der Waals surface area contributed by atoms with Crippen LogP contribution in [0.2, 0.25) is 5.02 Å². The smallest absolute Gasteiger partial charge is 0.308 e. The van der Waals surface area contributed by atoms with Crippen LogP contribution in [0.1, 0.15) is 59.0 Å². The summed E-state index contributed by atoms with van der Waals surface area (Å²) < 4.78 is 28.0. The van der Waals surface area contributed by atoms with Crippen LogP contribution in [-0.2, 0) is 34.0 Å². The summed E-state index contributed by atoms with van der Waals surface area (Å²) in [5.74, 6) is -0.961. The minimum absolute atomic E-state index is 0.0614. The van der Waals surface area contributed by atoms with Crippen LogP contribution >= 0.6 is 11.6 Å². The fourth-order valence-corrected chi connectivity index (χ4v) is 7.11. The zero-order valence-corrected chi connectivity index (χ0v) is 28.9. The number of pyridine rings is 1. The molecule has 12 nitrogen and oxygen atoms in total. The van der Waals surface area contributed by atoms with E-state index in [1.807, 2.05) is 18.2 Å². The van der Waals surface area contributed by atoms with Gasteiger partial charge in [-0.15, -0.1) is 0 Å². The summed E-state index contributed by atoms with van der Waals surface area (Å²) in [4.78, 5) is 50.5. The highest BCUT2D eigenvalue weighted by Crippen LogP contribution is 2.30. The molecule has 0 spiro atoms. The highest BCUT2D eigenvalue weighted by molar-refractivity contribution is 6.30. The first kappa shape index (κ1) is 34.8.